The highest BCUT2D eigenvalue weighted by atomic mass is 35.5. The van der Waals surface area contributed by atoms with Crippen molar-refractivity contribution in [1.29, 1.82) is 0 Å². The molecule has 112 valence electrons. The molecule has 0 aromatic heterocycles. The van der Waals surface area contributed by atoms with E-state index in [4.69, 9.17) is 28.3 Å². The maximum atomic E-state index is 12.5. The summed E-state index contributed by atoms with van der Waals surface area (Å²) in [5.41, 5.74) is 0.739. The van der Waals surface area contributed by atoms with Crippen LogP contribution in [0.25, 0.3) is 0 Å². The van der Waals surface area contributed by atoms with E-state index in [1.807, 2.05) is 0 Å². The van der Waals surface area contributed by atoms with Crippen LogP contribution in [0, 0.1) is 0 Å². The fourth-order valence-electron chi connectivity index (χ4n) is 2.72. The second-order valence-electron chi connectivity index (χ2n) is 5.27. The van der Waals surface area contributed by atoms with Gasteiger partial charge < -0.3 is 10.4 Å². The second-order valence-corrected chi connectivity index (χ2v) is 6.11. The Hall–Kier alpha value is -2.04. The smallest absolute Gasteiger partial charge is 0.335 e. The maximum absolute atomic E-state index is 12.5. The van der Waals surface area contributed by atoms with Crippen molar-refractivity contribution >= 4 is 40.8 Å². The molecular formula is C16H11Cl2NO3. The standard InChI is InChI=1S/C16H11Cl2NO3/c1-16(10-6-8(14(20)21)2-4-12(10)18)11-7-9(17)3-5-13(11)19-15(16)22/h2-7H,1H3,(H,19,22)(H,20,21)/t16-/m1/s1. The molecule has 2 N–H and O–H groups in total. The molecule has 1 aliphatic rings. The van der Waals surface area contributed by atoms with Gasteiger partial charge in [0.25, 0.3) is 0 Å². The van der Waals surface area contributed by atoms with Gasteiger partial charge in [0.1, 0.15) is 0 Å². The van der Waals surface area contributed by atoms with Crippen LogP contribution >= 0.6 is 23.2 Å². The summed E-state index contributed by atoms with van der Waals surface area (Å²) in [5, 5.41) is 12.8. The number of hydrogen-bond acceptors (Lipinski definition) is 2. The zero-order valence-electron chi connectivity index (χ0n) is 11.5. The second kappa shape index (κ2) is 5.00. The molecule has 0 radical (unpaired) electrons. The lowest BCUT2D eigenvalue weighted by molar-refractivity contribution is -0.119. The van der Waals surface area contributed by atoms with Crippen molar-refractivity contribution in [1.82, 2.24) is 0 Å². The van der Waals surface area contributed by atoms with E-state index in [9.17, 15) is 9.59 Å². The Morgan fingerprint density at radius 2 is 1.86 bits per heavy atom. The van der Waals surface area contributed by atoms with Crippen molar-refractivity contribution in [3.05, 3.63) is 63.1 Å². The van der Waals surface area contributed by atoms with E-state index in [1.54, 1.807) is 25.1 Å². The molecule has 6 heteroatoms. The Morgan fingerprint density at radius 3 is 2.55 bits per heavy atom. The van der Waals surface area contributed by atoms with E-state index in [-0.39, 0.29) is 11.5 Å². The van der Waals surface area contributed by atoms with Crippen LogP contribution in [0.4, 0.5) is 5.69 Å². The Labute approximate surface area is 136 Å². The molecule has 2 aromatic carbocycles. The molecule has 0 saturated heterocycles. The number of carboxylic acid groups (broad SMARTS) is 1. The Bertz CT molecular complexity index is 819. The molecule has 1 amide bonds. The quantitative estimate of drug-likeness (QED) is 0.873. The number of aromatic carboxylic acids is 1. The number of carboxylic acids is 1. The van der Waals surface area contributed by atoms with E-state index in [0.29, 0.717) is 26.9 Å². The predicted octanol–water partition coefficient (Wildman–Crippen LogP) is 3.95. The number of carbonyl (C=O) groups is 2. The first-order valence-corrected chi connectivity index (χ1v) is 7.24. The lowest BCUT2D eigenvalue weighted by Gasteiger charge is -2.24. The Balaban J connectivity index is 2.28. The van der Waals surface area contributed by atoms with Gasteiger partial charge in [0.05, 0.1) is 11.0 Å². The van der Waals surface area contributed by atoms with Crippen molar-refractivity contribution in [2.75, 3.05) is 5.32 Å². The van der Waals surface area contributed by atoms with Crippen LogP contribution in [0.2, 0.25) is 10.0 Å². The third-order valence-corrected chi connectivity index (χ3v) is 4.54. The number of amides is 1. The van der Waals surface area contributed by atoms with Crippen molar-refractivity contribution in [3.8, 4) is 0 Å². The number of nitrogens with one attached hydrogen (secondary N) is 1. The number of rotatable bonds is 2. The van der Waals surface area contributed by atoms with Crippen molar-refractivity contribution < 1.29 is 14.7 Å². The van der Waals surface area contributed by atoms with E-state index in [1.165, 1.54) is 18.2 Å². The Kier molecular flexibility index (Phi) is 3.38. The van der Waals surface area contributed by atoms with Gasteiger partial charge in [0, 0.05) is 15.7 Å². The van der Waals surface area contributed by atoms with Crippen LogP contribution < -0.4 is 5.32 Å². The fourth-order valence-corrected chi connectivity index (χ4v) is 3.20. The van der Waals surface area contributed by atoms with Gasteiger partial charge in [-0.2, -0.15) is 0 Å². The average Bonchev–Trinajstić information content (AvgIpc) is 2.72. The lowest BCUT2D eigenvalue weighted by Crippen LogP contribution is -2.32. The summed E-state index contributed by atoms with van der Waals surface area (Å²) in [6, 6.07) is 9.42. The van der Waals surface area contributed by atoms with Gasteiger partial charge in [0.15, 0.2) is 0 Å². The van der Waals surface area contributed by atoms with Gasteiger partial charge in [-0.15, -0.1) is 0 Å². The SMILES string of the molecule is C[C@]1(c2cc(C(=O)O)ccc2Cl)C(=O)Nc2ccc(Cl)cc21. The number of carbonyl (C=O) groups excluding carboxylic acids is 1. The van der Waals surface area contributed by atoms with Gasteiger partial charge >= 0.3 is 5.97 Å². The molecule has 0 unspecified atom stereocenters. The van der Waals surface area contributed by atoms with Gasteiger partial charge in [-0.3, -0.25) is 4.79 Å². The molecule has 0 saturated carbocycles. The van der Waals surface area contributed by atoms with Crippen LogP contribution in [0.15, 0.2) is 36.4 Å². The average molecular weight is 336 g/mol. The normalized spacial score (nSPS) is 19.7. The first-order chi connectivity index (χ1) is 10.3. The molecule has 3 rings (SSSR count). The minimum Gasteiger partial charge on any atom is -0.478 e. The molecule has 1 atom stereocenters. The predicted molar refractivity (Wildman–Crippen MR) is 84.9 cm³/mol. The van der Waals surface area contributed by atoms with E-state index in [0.717, 1.165) is 0 Å². The van der Waals surface area contributed by atoms with Crippen LogP contribution in [-0.4, -0.2) is 17.0 Å². The topological polar surface area (TPSA) is 66.4 Å². The number of halogens is 2. The maximum Gasteiger partial charge on any atom is 0.335 e. The zero-order valence-corrected chi connectivity index (χ0v) is 13.0. The minimum atomic E-state index is -1.09. The lowest BCUT2D eigenvalue weighted by atomic mass is 9.77. The van der Waals surface area contributed by atoms with Crippen LogP contribution in [-0.2, 0) is 10.2 Å². The molecule has 22 heavy (non-hydrogen) atoms. The third-order valence-electron chi connectivity index (χ3n) is 3.97. The van der Waals surface area contributed by atoms with Gasteiger partial charge in [-0.05, 0) is 54.4 Å². The van der Waals surface area contributed by atoms with Crippen molar-refractivity contribution in [3.63, 3.8) is 0 Å². The largest absolute Gasteiger partial charge is 0.478 e. The summed E-state index contributed by atoms with van der Waals surface area (Å²) in [5.74, 6) is -1.35. The van der Waals surface area contributed by atoms with Crippen molar-refractivity contribution in [2.24, 2.45) is 0 Å². The van der Waals surface area contributed by atoms with Crippen LogP contribution in [0.3, 0.4) is 0 Å². The molecule has 0 aliphatic carbocycles. The van der Waals surface area contributed by atoms with Gasteiger partial charge in [-0.1, -0.05) is 23.2 Å². The van der Waals surface area contributed by atoms with E-state index < -0.39 is 11.4 Å². The highest BCUT2D eigenvalue weighted by Gasteiger charge is 2.45. The fraction of sp³-hybridized carbons (Fsp3) is 0.125. The van der Waals surface area contributed by atoms with Gasteiger partial charge in [-0.25, -0.2) is 4.79 Å². The van der Waals surface area contributed by atoms with Gasteiger partial charge in [0.2, 0.25) is 5.91 Å². The number of fused-ring (bicyclic) bond motifs is 1. The molecular weight excluding hydrogens is 325 g/mol. The van der Waals surface area contributed by atoms with Crippen LogP contribution in [0.5, 0.6) is 0 Å². The first kappa shape index (κ1) is 14.9. The summed E-state index contributed by atoms with van der Waals surface area (Å²) < 4.78 is 0. The number of benzene rings is 2. The summed E-state index contributed by atoms with van der Waals surface area (Å²) in [7, 11) is 0. The molecule has 2 aromatic rings. The third kappa shape index (κ3) is 2.07. The van der Waals surface area contributed by atoms with E-state index in [2.05, 4.69) is 5.32 Å². The molecule has 0 spiro atoms. The number of anilines is 1. The van der Waals surface area contributed by atoms with Crippen molar-refractivity contribution in [2.45, 2.75) is 12.3 Å². The summed E-state index contributed by atoms with van der Waals surface area (Å²) >= 11 is 12.3. The molecule has 4 nitrogen and oxygen atoms in total. The van der Waals surface area contributed by atoms with E-state index >= 15 is 0 Å². The number of hydrogen-bond donors (Lipinski definition) is 2. The Morgan fingerprint density at radius 1 is 1.14 bits per heavy atom. The molecule has 0 fully saturated rings. The molecule has 0 bridgehead atoms. The molecule has 1 heterocycles. The summed E-state index contributed by atoms with van der Waals surface area (Å²) in [6.07, 6.45) is 0. The van der Waals surface area contributed by atoms with Crippen LogP contribution in [0.1, 0.15) is 28.4 Å². The molecule has 1 aliphatic heterocycles. The zero-order chi connectivity index (χ0) is 16.1. The summed E-state index contributed by atoms with van der Waals surface area (Å²) in [4.78, 5) is 23.7. The highest BCUT2D eigenvalue weighted by Crippen LogP contribution is 2.45. The highest BCUT2D eigenvalue weighted by molar-refractivity contribution is 6.32. The first-order valence-electron chi connectivity index (χ1n) is 6.49. The summed E-state index contributed by atoms with van der Waals surface area (Å²) in [6.45, 7) is 1.71. The minimum absolute atomic E-state index is 0.0731. The monoisotopic (exact) mass is 335 g/mol.